The highest BCUT2D eigenvalue weighted by atomic mass is 33.1. The smallest absolute Gasteiger partial charge is 0.243 e. The van der Waals surface area contributed by atoms with Crippen molar-refractivity contribution in [1.29, 1.82) is 0 Å². The van der Waals surface area contributed by atoms with Gasteiger partial charge in [0.05, 0.1) is 5.75 Å². The molecule has 1 rings (SSSR count). The average Bonchev–Trinajstić information content (AvgIpc) is 2.50. The Balaban J connectivity index is 2.35. The number of nitrogens with one attached hydrogen (secondary N) is 2. The highest BCUT2D eigenvalue weighted by molar-refractivity contribution is 8.77. The fraction of sp³-hybridized carbons (Fsp3) is 0.846. The van der Waals surface area contributed by atoms with Crippen molar-refractivity contribution in [1.82, 2.24) is 10.6 Å². The lowest BCUT2D eigenvalue weighted by molar-refractivity contribution is -0.128. The highest BCUT2D eigenvalue weighted by Crippen LogP contribution is 2.23. The van der Waals surface area contributed by atoms with Crippen LogP contribution in [0.5, 0.6) is 0 Å². The molecule has 10 heteroatoms. The summed E-state index contributed by atoms with van der Waals surface area (Å²) in [5, 5.41) is 5.85. The number of nitrogens with two attached hydrogens (primary N) is 2. The van der Waals surface area contributed by atoms with E-state index in [1.165, 1.54) is 10.8 Å². The molecular weight excluding hydrogens is 372 g/mol. The topological polar surface area (TPSA) is 110 Å². The van der Waals surface area contributed by atoms with E-state index in [2.05, 4.69) is 10.6 Å². The van der Waals surface area contributed by atoms with E-state index in [9.17, 15) is 9.59 Å². The Kier molecular flexibility index (Phi) is 12.5. The lowest BCUT2D eigenvalue weighted by Crippen LogP contribution is -2.52. The van der Waals surface area contributed by atoms with Crippen LogP contribution in [-0.4, -0.2) is 60.0 Å². The molecule has 0 aromatic rings. The molecule has 0 heterocycles. The van der Waals surface area contributed by atoms with Gasteiger partial charge in [-0.1, -0.05) is 43.2 Å². The molecule has 1 fully saturated rings. The van der Waals surface area contributed by atoms with Gasteiger partial charge in [-0.15, -0.1) is 0 Å². The van der Waals surface area contributed by atoms with Gasteiger partial charge in [-0.05, 0) is 19.3 Å². The third-order valence-electron chi connectivity index (χ3n) is 3.10. The normalized spacial score (nSPS) is 15.7. The van der Waals surface area contributed by atoms with Crippen molar-refractivity contribution < 1.29 is 9.59 Å². The summed E-state index contributed by atoms with van der Waals surface area (Å²) in [6.45, 7) is 1.21. The molecule has 1 atom stereocenters. The predicted octanol–water partition coefficient (Wildman–Crippen LogP) is 0.820. The Labute approximate surface area is 154 Å². The van der Waals surface area contributed by atoms with Crippen molar-refractivity contribution >= 4 is 55.0 Å². The molecule has 1 aliphatic rings. The Morgan fingerprint density at radius 2 is 1.70 bits per heavy atom. The molecule has 0 radical (unpaired) electrons. The van der Waals surface area contributed by atoms with Crippen LogP contribution in [0.25, 0.3) is 0 Å². The van der Waals surface area contributed by atoms with E-state index in [0.29, 0.717) is 24.6 Å². The van der Waals surface area contributed by atoms with E-state index in [1.807, 2.05) is 0 Å². The monoisotopic (exact) mass is 398 g/mol. The standard InChI is InChI=1S/C13H26N4O2S4/c14-4-6-20-22-8-11(13(19)16-10-2-1-3-10)17-12(18)9-23-21-7-5-15/h10-11H,1-9,14-15H2,(H,16,19)(H,17,18). The number of amides is 2. The molecule has 134 valence electrons. The fourth-order valence-corrected chi connectivity index (χ4v) is 5.42. The second kappa shape index (κ2) is 13.5. The van der Waals surface area contributed by atoms with Gasteiger partial charge in [0.1, 0.15) is 6.04 Å². The molecule has 23 heavy (non-hydrogen) atoms. The highest BCUT2D eigenvalue weighted by Gasteiger charge is 2.26. The summed E-state index contributed by atoms with van der Waals surface area (Å²) >= 11 is 0. The number of carbonyl (C=O) groups excluding carboxylic acids is 2. The van der Waals surface area contributed by atoms with Gasteiger partial charge in [0, 0.05) is 36.4 Å². The van der Waals surface area contributed by atoms with E-state index < -0.39 is 6.04 Å². The second-order valence-electron chi connectivity index (χ2n) is 5.02. The van der Waals surface area contributed by atoms with Gasteiger partial charge < -0.3 is 22.1 Å². The molecule has 1 saturated carbocycles. The van der Waals surface area contributed by atoms with Gasteiger partial charge in [-0.2, -0.15) is 0 Å². The zero-order chi connectivity index (χ0) is 16.9. The molecule has 0 saturated heterocycles. The molecule has 0 spiro atoms. The average molecular weight is 399 g/mol. The summed E-state index contributed by atoms with van der Waals surface area (Å²) in [6.07, 6.45) is 3.23. The minimum atomic E-state index is -0.488. The van der Waals surface area contributed by atoms with Gasteiger partial charge in [-0.25, -0.2) is 0 Å². The maximum Gasteiger partial charge on any atom is 0.243 e. The van der Waals surface area contributed by atoms with E-state index >= 15 is 0 Å². The van der Waals surface area contributed by atoms with Crippen molar-refractivity contribution in [3.8, 4) is 0 Å². The van der Waals surface area contributed by atoms with E-state index in [0.717, 1.165) is 30.8 Å². The van der Waals surface area contributed by atoms with E-state index in [-0.39, 0.29) is 17.9 Å². The molecule has 6 nitrogen and oxygen atoms in total. The van der Waals surface area contributed by atoms with Crippen molar-refractivity contribution in [3.63, 3.8) is 0 Å². The third kappa shape index (κ3) is 9.98. The Morgan fingerprint density at radius 3 is 2.26 bits per heavy atom. The van der Waals surface area contributed by atoms with Crippen LogP contribution in [0.4, 0.5) is 0 Å². The maximum absolute atomic E-state index is 12.3. The Hall–Kier alpha value is 0.260. The molecule has 0 aromatic carbocycles. The van der Waals surface area contributed by atoms with Crippen LogP contribution in [0.1, 0.15) is 19.3 Å². The summed E-state index contributed by atoms with van der Waals surface area (Å²) in [7, 11) is 6.24. The zero-order valence-electron chi connectivity index (χ0n) is 13.1. The zero-order valence-corrected chi connectivity index (χ0v) is 16.4. The SMILES string of the molecule is NCCSSCC(=O)NC(CSSCCN)C(=O)NC1CCC1. The Morgan fingerprint density at radius 1 is 1.04 bits per heavy atom. The second-order valence-corrected chi connectivity index (χ2v) is 10.2. The van der Waals surface area contributed by atoms with Crippen molar-refractivity contribution in [2.45, 2.75) is 31.3 Å². The lowest BCUT2D eigenvalue weighted by Gasteiger charge is -2.28. The van der Waals surface area contributed by atoms with E-state index in [1.54, 1.807) is 32.4 Å². The minimum Gasteiger partial charge on any atom is -0.352 e. The van der Waals surface area contributed by atoms with Gasteiger partial charge in [0.15, 0.2) is 0 Å². The van der Waals surface area contributed by atoms with Crippen LogP contribution in [0.3, 0.4) is 0 Å². The predicted molar refractivity (Wildman–Crippen MR) is 106 cm³/mol. The van der Waals surface area contributed by atoms with Crippen molar-refractivity contribution in [2.75, 3.05) is 36.1 Å². The van der Waals surface area contributed by atoms with E-state index in [4.69, 9.17) is 11.5 Å². The Bertz CT molecular complexity index is 359. The molecule has 1 unspecified atom stereocenters. The first-order chi connectivity index (χ1) is 11.2. The molecule has 0 bridgehead atoms. The quantitative estimate of drug-likeness (QED) is 0.267. The minimum absolute atomic E-state index is 0.0801. The fourth-order valence-electron chi connectivity index (χ4n) is 1.70. The summed E-state index contributed by atoms with van der Waals surface area (Å²) < 4.78 is 0. The first-order valence-corrected chi connectivity index (χ1v) is 12.6. The molecule has 1 aliphatic carbocycles. The first kappa shape index (κ1) is 21.3. The number of rotatable bonds is 13. The summed E-state index contributed by atoms with van der Waals surface area (Å²) in [6, 6.07) is -0.212. The molecule has 6 N–H and O–H groups in total. The molecule has 0 aromatic heterocycles. The van der Waals surface area contributed by atoms with Crippen LogP contribution in [-0.2, 0) is 9.59 Å². The first-order valence-electron chi connectivity index (χ1n) is 7.66. The molecular formula is C13H26N4O2S4. The summed E-state index contributed by atoms with van der Waals surface area (Å²) in [5.74, 6) is 2.34. The van der Waals surface area contributed by atoms with Gasteiger partial charge in [0.25, 0.3) is 0 Å². The van der Waals surface area contributed by atoms with Crippen LogP contribution in [0.2, 0.25) is 0 Å². The van der Waals surface area contributed by atoms with Crippen LogP contribution < -0.4 is 22.1 Å². The number of hydrogen-bond donors (Lipinski definition) is 4. The van der Waals surface area contributed by atoms with Crippen LogP contribution >= 0.6 is 43.2 Å². The largest absolute Gasteiger partial charge is 0.352 e. The molecule has 0 aliphatic heterocycles. The third-order valence-corrected chi connectivity index (χ3v) is 7.85. The summed E-state index contributed by atoms with van der Waals surface area (Å²) in [5.41, 5.74) is 10.9. The summed E-state index contributed by atoms with van der Waals surface area (Å²) in [4.78, 5) is 24.3. The molecule has 2 amide bonds. The van der Waals surface area contributed by atoms with Gasteiger partial charge >= 0.3 is 0 Å². The van der Waals surface area contributed by atoms with Gasteiger partial charge in [0.2, 0.25) is 11.8 Å². The van der Waals surface area contributed by atoms with Crippen LogP contribution in [0.15, 0.2) is 0 Å². The van der Waals surface area contributed by atoms with Crippen molar-refractivity contribution in [2.24, 2.45) is 11.5 Å². The lowest BCUT2D eigenvalue weighted by atomic mass is 9.93. The number of carbonyl (C=O) groups is 2. The van der Waals surface area contributed by atoms with Gasteiger partial charge in [-0.3, -0.25) is 9.59 Å². The number of hydrogen-bond acceptors (Lipinski definition) is 8. The maximum atomic E-state index is 12.3. The van der Waals surface area contributed by atoms with Crippen LogP contribution in [0, 0.1) is 0 Å². The van der Waals surface area contributed by atoms with Crippen molar-refractivity contribution in [3.05, 3.63) is 0 Å².